The molecule has 2 heterocycles. The molecule has 1 aliphatic carbocycles. The molecule has 4 rings (SSSR count). The van der Waals surface area contributed by atoms with Crippen LogP contribution in [0.5, 0.6) is 5.75 Å². The Morgan fingerprint density at radius 2 is 2.19 bits per heavy atom. The van der Waals surface area contributed by atoms with Gasteiger partial charge in [-0.05, 0) is 49.1 Å². The van der Waals surface area contributed by atoms with Gasteiger partial charge < -0.3 is 20.2 Å². The van der Waals surface area contributed by atoms with Crippen LogP contribution in [-0.2, 0) is 6.61 Å². The van der Waals surface area contributed by atoms with Gasteiger partial charge in [-0.3, -0.25) is 4.79 Å². The first-order valence-corrected chi connectivity index (χ1v) is 8.88. The minimum Gasteiger partial charge on any atom is -0.487 e. The quantitative estimate of drug-likeness (QED) is 0.685. The first-order chi connectivity index (χ1) is 12.7. The third-order valence-electron chi connectivity index (χ3n) is 4.62. The molecule has 6 heteroatoms. The van der Waals surface area contributed by atoms with Crippen molar-refractivity contribution >= 4 is 11.6 Å². The number of pyridine rings is 1. The summed E-state index contributed by atoms with van der Waals surface area (Å²) in [7, 11) is 0. The van der Waals surface area contributed by atoms with Crippen LogP contribution in [0.15, 0.2) is 54.9 Å². The van der Waals surface area contributed by atoms with Crippen molar-refractivity contribution in [2.24, 2.45) is 11.7 Å². The minimum atomic E-state index is -0.126. The lowest BCUT2D eigenvalue weighted by atomic mass is 10.1. The van der Waals surface area contributed by atoms with E-state index in [1.54, 1.807) is 12.1 Å². The minimum absolute atomic E-state index is 0.0495. The maximum absolute atomic E-state index is 12.3. The highest BCUT2D eigenvalue weighted by molar-refractivity contribution is 5.94. The molecular formula is C20H22N4O2. The summed E-state index contributed by atoms with van der Waals surface area (Å²) in [5, 5.41) is 2.90. The van der Waals surface area contributed by atoms with Gasteiger partial charge in [0.2, 0.25) is 0 Å². The molecule has 3 N–H and O–H groups in total. The van der Waals surface area contributed by atoms with E-state index < -0.39 is 0 Å². The first kappa shape index (κ1) is 16.6. The van der Waals surface area contributed by atoms with Crippen molar-refractivity contribution in [3.63, 3.8) is 0 Å². The number of nitrogens with one attached hydrogen (secondary N) is 1. The molecule has 1 fully saturated rings. The monoisotopic (exact) mass is 350 g/mol. The molecule has 134 valence electrons. The highest BCUT2D eigenvalue weighted by atomic mass is 16.5. The molecule has 1 amide bonds. The Morgan fingerprint density at radius 3 is 3.00 bits per heavy atom. The van der Waals surface area contributed by atoms with Crippen LogP contribution in [0.25, 0.3) is 5.65 Å². The molecule has 0 bridgehead atoms. The molecular weight excluding hydrogens is 328 g/mol. The molecule has 26 heavy (non-hydrogen) atoms. The van der Waals surface area contributed by atoms with Crippen LogP contribution in [0.1, 0.15) is 28.9 Å². The summed E-state index contributed by atoms with van der Waals surface area (Å²) in [6.45, 7) is 0.856. The Kier molecular flexibility index (Phi) is 4.58. The zero-order valence-electron chi connectivity index (χ0n) is 14.5. The molecule has 6 nitrogen and oxygen atoms in total. The lowest BCUT2D eigenvalue weighted by Gasteiger charge is -2.12. The molecule has 0 saturated heterocycles. The molecule has 3 aromatic rings. The number of ether oxygens (including phenoxy) is 1. The number of nitrogens with two attached hydrogens (primary N) is 1. The molecule has 2 aromatic heterocycles. The number of nitrogens with zero attached hydrogens (tertiary/aromatic N) is 2. The molecule has 0 aliphatic heterocycles. The summed E-state index contributed by atoms with van der Waals surface area (Å²) in [6, 6.07) is 13.1. The summed E-state index contributed by atoms with van der Waals surface area (Å²) in [6.07, 6.45) is 6.22. The van der Waals surface area contributed by atoms with E-state index in [0.717, 1.165) is 11.3 Å². The van der Waals surface area contributed by atoms with Crippen molar-refractivity contribution < 1.29 is 9.53 Å². The number of carbonyl (C=O) groups is 1. The molecule has 1 unspecified atom stereocenters. The maximum Gasteiger partial charge on any atom is 0.251 e. The molecule has 1 saturated carbocycles. The van der Waals surface area contributed by atoms with Crippen LogP contribution in [-0.4, -0.2) is 27.9 Å². The average Bonchev–Trinajstić information content (AvgIpc) is 3.44. The van der Waals surface area contributed by atoms with E-state index in [0.29, 0.717) is 30.4 Å². The van der Waals surface area contributed by atoms with E-state index in [-0.39, 0.29) is 11.9 Å². The normalized spacial score (nSPS) is 15.0. The van der Waals surface area contributed by atoms with Crippen molar-refractivity contribution in [2.75, 3.05) is 6.54 Å². The number of imidazole rings is 1. The van der Waals surface area contributed by atoms with Crippen LogP contribution in [0.2, 0.25) is 0 Å². The topological polar surface area (TPSA) is 81.6 Å². The SMILES string of the molecule is NC(CNC(=O)c1cccc(OCc2cn3ccccc3n2)c1)C1CC1. The molecule has 1 aromatic carbocycles. The lowest BCUT2D eigenvalue weighted by molar-refractivity contribution is 0.0950. The summed E-state index contributed by atoms with van der Waals surface area (Å²) in [5.41, 5.74) is 8.32. The van der Waals surface area contributed by atoms with Crippen LogP contribution in [0.4, 0.5) is 0 Å². The Morgan fingerprint density at radius 1 is 1.31 bits per heavy atom. The van der Waals surface area contributed by atoms with Crippen molar-refractivity contribution in [1.29, 1.82) is 0 Å². The van der Waals surface area contributed by atoms with Gasteiger partial charge in [-0.1, -0.05) is 12.1 Å². The number of rotatable bonds is 7. The van der Waals surface area contributed by atoms with E-state index in [1.165, 1.54) is 12.8 Å². The average molecular weight is 350 g/mol. The number of hydrogen-bond acceptors (Lipinski definition) is 4. The van der Waals surface area contributed by atoms with Crippen LogP contribution in [0, 0.1) is 5.92 Å². The number of aromatic nitrogens is 2. The number of fused-ring (bicyclic) bond motifs is 1. The van der Waals surface area contributed by atoms with Crippen molar-refractivity contribution in [3.8, 4) is 5.75 Å². The van der Waals surface area contributed by atoms with E-state index in [1.807, 2.05) is 47.1 Å². The van der Waals surface area contributed by atoms with Crippen molar-refractivity contribution in [3.05, 3.63) is 66.1 Å². The fourth-order valence-corrected chi connectivity index (χ4v) is 2.94. The van der Waals surface area contributed by atoms with Gasteiger partial charge in [-0.2, -0.15) is 0 Å². The third-order valence-corrected chi connectivity index (χ3v) is 4.62. The molecule has 1 aliphatic rings. The molecule has 0 radical (unpaired) electrons. The Balaban J connectivity index is 1.36. The zero-order valence-corrected chi connectivity index (χ0v) is 14.5. The van der Waals surface area contributed by atoms with Crippen molar-refractivity contribution in [2.45, 2.75) is 25.5 Å². The first-order valence-electron chi connectivity index (χ1n) is 8.88. The van der Waals surface area contributed by atoms with Gasteiger partial charge >= 0.3 is 0 Å². The zero-order chi connectivity index (χ0) is 17.9. The molecule has 1 atom stereocenters. The summed E-state index contributed by atoms with van der Waals surface area (Å²) in [4.78, 5) is 16.8. The standard InChI is InChI=1S/C20H22N4O2/c21-18(14-7-8-14)11-22-20(25)15-4-3-5-17(10-15)26-13-16-12-24-9-2-1-6-19(24)23-16/h1-6,9-10,12,14,18H,7-8,11,13,21H2,(H,22,25). The Hall–Kier alpha value is -2.86. The van der Waals surface area contributed by atoms with E-state index in [2.05, 4.69) is 10.3 Å². The Bertz CT molecular complexity index is 884. The van der Waals surface area contributed by atoms with Gasteiger partial charge in [0.25, 0.3) is 5.91 Å². The number of amides is 1. The van der Waals surface area contributed by atoms with Crippen LogP contribution in [0.3, 0.4) is 0 Å². The van der Waals surface area contributed by atoms with Crippen LogP contribution < -0.4 is 15.8 Å². The lowest BCUT2D eigenvalue weighted by Crippen LogP contribution is -2.38. The van der Waals surface area contributed by atoms with Crippen LogP contribution >= 0.6 is 0 Å². The van der Waals surface area contributed by atoms with Gasteiger partial charge in [0.15, 0.2) is 0 Å². The van der Waals surface area contributed by atoms with E-state index in [9.17, 15) is 4.79 Å². The maximum atomic E-state index is 12.3. The van der Waals surface area contributed by atoms with Gasteiger partial charge in [-0.15, -0.1) is 0 Å². The largest absolute Gasteiger partial charge is 0.487 e. The highest BCUT2D eigenvalue weighted by Gasteiger charge is 2.28. The van der Waals surface area contributed by atoms with Gasteiger partial charge in [-0.25, -0.2) is 4.98 Å². The summed E-state index contributed by atoms with van der Waals surface area (Å²) >= 11 is 0. The van der Waals surface area contributed by atoms with Gasteiger partial charge in [0, 0.05) is 30.5 Å². The second kappa shape index (κ2) is 7.17. The predicted octanol–water partition coefficient (Wildman–Crippen LogP) is 2.38. The highest BCUT2D eigenvalue weighted by Crippen LogP contribution is 2.31. The fourth-order valence-electron chi connectivity index (χ4n) is 2.94. The number of benzene rings is 1. The molecule has 0 spiro atoms. The van der Waals surface area contributed by atoms with Gasteiger partial charge in [0.1, 0.15) is 18.0 Å². The van der Waals surface area contributed by atoms with E-state index >= 15 is 0 Å². The number of hydrogen-bond donors (Lipinski definition) is 2. The van der Waals surface area contributed by atoms with E-state index in [4.69, 9.17) is 10.5 Å². The smallest absolute Gasteiger partial charge is 0.251 e. The predicted molar refractivity (Wildman–Crippen MR) is 99.0 cm³/mol. The Labute approximate surface area is 152 Å². The second-order valence-electron chi connectivity index (χ2n) is 6.73. The summed E-state index contributed by atoms with van der Waals surface area (Å²) < 4.78 is 7.76. The second-order valence-corrected chi connectivity index (χ2v) is 6.73. The summed E-state index contributed by atoms with van der Waals surface area (Å²) in [5.74, 6) is 1.08. The van der Waals surface area contributed by atoms with Gasteiger partial charge in [0.05, 0.1) is 5.69 Å². The van der Waals surface area contributed by atoms with Crippen molar-refractivity contribution in [1.82, 2.24) is 14.7 Å². The fraction of sp³-hybridized carbons (Fsp3) is 0.300. The number of carbonyl (C=O) groups excluding carboxylic acids is 1. The third kappa shape index (κ3) is 3.86.